The molecule has 1 aromatic carbocycles. The first kappa shape index (κ1) is 8.47. The Morgan fingerprint density at radius 1 is 1.45 bits per heavy atom. The molecule has 0 aliphatic carbocycles. The van der Waals surface area contributed by atoms with Gasteiger partial charge in [-0.05, 0) is 19.1 Å². The molecular formula is C8H8BClO. The van der Waals surface area contributed by atoms with Crippen LogP contribution in [-0.2, 0) is 0 Å². The van der Waals surface area contributed by atoms with Crippen molar-refractivity contribution in [2.75, 3.05) is 7.11 Å². The van der Waals surface area contributed by atoms with Crippen molar-refractivity contribution in [3.8, 4) is 5.75 Å². The Balaban J connectivity index is 3.21. The third kappa shape index (κ3) is 1.69. The van der Waals surface area contributed by atoms with Crippen molar-refractivity contribution in [3.05, 3.63) is 22.7 Å². The van der Waals surface area contributed by atoms with Crippen LogP contribution in [0.15, 0.2) is 12.1 Å². The van der Waals surface area contributed by atoms with E-state index in [-0.39, 0.29) is 0 Å². The molecule has 0 bridgehead atoms. The minimum absolute atomic E-state index is 0.551. The lowest BCUT2D eigenvalue weighted by Gasteiger charge is -2.06. The van der Waals surface area contributed by atoms with Gasteiger partial charge in [-0.2, -0.15) is 0 Å². The van der Waals surface area contributed by atoms with Gasteiger partial charge in [0.25, 0.3) is 0 Å². The standard InChI is InChI=1S/C8H8BClO/c1-5-3-8(11-2)7(10)4-6(5)9/h3-4H,1-2H3. The van der Waals surface area contributed by atoms with E-state index in [1.54, 1.807) is 13.2 Å². The highest BCUT2D eigenvalue weighted by Gasteiger charge is 2.01. The lowest BCUT2D eigenvalue weighted by atomic mass is 9.91. The van der Waals surface area contributed by atoms with Crippen molar-refractivity contribution in [1.29, 1.82) is 0 Å². The number of methoxy groups -OCH3 is 1. The van der Waals surface area contributed by atoms with Gasteiger partial charge in [0.15, 0.2) is 0 Å². The highest BCUT2D eigenvalue weighted by atomic mass is 35.5. The zero-order chi connectivity index (χ0) is 8.43. The second-order valence-corrected chi connectivity index (χ2v) is 2.75. The van der Waals surface area contributed by atoms with E-state index in [9.17, 15) is 0 Å². The van der Waals surface area contributed by atoms with E-state index in [1.165, 1.54) is 0 Å². The normalized spacial score (nSPS) is 9.73. The van der Waals surface area contributed by atoms with Crippen LogP contribution in [0.2, 0.25) is 5.02 Å². The van der Waals surface area contributed by atoms with Crippen LogP contribution in [0.4, 0.5) is 0 Å². The highest BCUT2D eigenvalue weighted by Crippen LogP contribution is 2.22. The van der Waals surface area contributed by atoms with Gasteiger partial charge in [0, 0.05) is 0 Å². The van der Waals surface area contributed by atoms with Crippen molar-refractivity contribution < 1.29 is 4.74 Å². The van der Waals surface area contributed by atoms with Gasteiger partial charge in [0.1, 0.15) is 13.6 Å². The molecule has 2 radical (unpaired) electrons. The molecule has 0 fully saturated rings. The molecule has 1 nitrogen and oxygen atoms in total. The van der Waals surface area contributed by atoms with Crippen LogP contribution in [0.3, 0.4) is 0 Å². The van der Waals surface area contributed by atoms with E-state index >= 15 is 0 Å². The number of rotatable bonds is 1. The van der Waals surface area contributed by atoms with Gasteiger partial charge in [-0.25, -0.2) is 0 Å². The minimum Gasteiger partial charge on any atom is -0.495 e. The van der Waals surface area contributed by atoms with Crippen LogP contribution in [0.25, 0.3) is 0 Å². The Hall–Kier alpha value is -0.625. The van der Waals surface area contributed by atoms with Gasteiger partial charge >= 0.3 is 0 Å². The molecule has 1 rings (SSSR count). The van der Waals surface area contributed by atoms with Crippen molar-refractivity contribution in [3.63, 3.8) is 0 Å². The molecule has 0 amide bonds. The van der Waals surface area contributed by atoms with Gasteiger partial charge in [-0.3, -0.25) is 0 Å². The van der Waals surface area contributed by atoms with Crippen LogP contribution >= 0.6 is 11.6 Å². The molecular weight excluding hydrogens is 158 g/mol. The van der Waals surface area contributed by atoms with E-state index < -0.39 is 0 Å². The number of ether oxygens (including phenoxy) is 1. The van der Waals surface area contributed by atoms with Gasteiger partial charge < -0.3 is 4.74 Å². The second kappa shape index (κ2) is 3.18. The molecule has 3 heteroatoms. The number of aryl methyl sites for hydroxylation is 1. The van der Waals surface area contributed by atoms with E-state index in [1.807, 2.05) is 13.0 Å². The summed E-state index contributed by atoms with van der Waals surface area (Å²) in [5.41, 5.74) is 1.67. The molecule has 0 aliphatic rings. The summed E-state index contributed by atoms with van der Waals surface area (Å²) >= 11 is 5.80. The molecule has 0 aromatic heterocycles. The molecule has 56 valence electrons. The predicted molar refractivity (Wildman–Crippen MR) is 48.1 cm³/mol. The summed E-state index contributed by atoms with van der Waals surface area (Å²) in [6.07, 6.45) is 0. The average molecular weight is 166 g/mol. The van der Waals surface area contributed by atoms with Crippen LogP contribution in [-0.4, -0.2) is 15.0 Å². The van der Waals surface area contributed by atoms with Gasteiger partial charge in [0.2, 0.25) is 0 Å². The fourth-order valence-corrected chi connectivity index (χ4v) is 1.08. The van der Waals surface area contributed by atoms with E-state index in [0.29, 0.717) is 16.2 Å². The molecule has 0 N–H and O–H groups in total. The summed E-state index contributed by atoms with van der Waals surface area (Å²) in [5.74, 6) is 0.665. The maximum atomic E-state index is 5.80. The van der Waals surface area contributed by atoms with Gasteiger partial charge in [-0.15, -0.1) is 0 Å². The SMILES string of the molecule is [B]c1cc(Cl)c(OC)cc1C. The lowest BCUT2D eigenvalue weighted by Crippen LogP contribution is -2.06. The molecule has 0 saturated carbocycles. The number of hydrogen-bond donors (Lipinski definition) is 0. The van der Waals surface area contributed by atoms with Crippen molar-refractivity contribution in [1.82, 2.24) is 0 Å². The number of hydrogen-bond acceptors (Lipinski definition) is 1. The van der Waals surface area contributed by atoms with Gasteiger partial charge in [-0.1, -0.05) is 22.6 Å². The Bertz CT molecular complexity index is 273. The van der Waals surface area contributed by atoms with E-state index in [0.717, 1.165) is 5.56 Å². The Labute approximate surface area is 72.7 Å². The van der Waals surface area contributed by atoms with Crippen molar-refractivity contribution >= 4 is 24.9 Å². The average Bonchev–Trinajstić information content (AvgIpc) is 1.97. The summed E-state index contributed by atoms with van der Waals surface area (Å²) in [5, 5.41) is 0.551. The minimum atomic E-state index is 0.551. The molecule has 0 saturated heterocycles. The second-order valence-electron chi connectivity index (χ2n) is 2.34. The zero-order valence-corrected chi connectivity index (χ0v) is 7.27. The largest absolute Gasteiger partial charge is 0.495 e. The summed E-state index contributed by atoms with van der Waals surface area (Å²) in [4.78, 5) is 0. The molecule has 0 aliphatic heterocycles. The Morgan fingerprint density at radius 2 is 2.09 bits per heavy atom. The third-order valence-corrected chi connectivity index (χ3v) is 1.84. The number of benzene rings is 1. The fraction of sp³-hybridized carbons (Fsp3) is 0.250. The summed E-state index contributed by atoms with van der Waals surface area (Å²) in [7, 11) is 7.18. The third-order valence-electron chi connectivity index (χ3n) is 1.54. The van der Waals surface area contributed by atoms with Crippen molar-refractivity contribution in [2.45, 2.75) is 6.92 Å². The molecule has 0 heterocycles. The number of halogens is 1. The Kier molecular flexibility index (Phi) is 2.45. The Morgan fingerprint density at radius 3 is 2.64 bits per heavy atom. The van der Waals surface area contributed by atoms with E-state index in [2.05, 4.69) is 0 Å². The first-order valence-corrected chi connectivity index (χ1v) is 3.62. The highest BCUT2D eigenvalue weighted by molar-refractivity contribution is 6.37. The van der Waals surface area contributed by atoms with Crippen LogP contribution in [0, 0.1) is 6.92 Å². The molecule has 11 heavy (non-hydrogen) atoms. The first-order valence-electron chi connectivity index (χ1n) is 3.24. The first-order chi connectivity index (χ1) is 5.15. The van der Waals surface area contributed by atoms with Crippen LogP contribution < -0.4 is 10.2 Å². The maximum absolute atomic E-state index is 5.80. The maximum Gasteiger partial charge on any atom is 0.137 e. The molecule has 0 atom stereocenters. The lowest BCUT2D eigenvalue weighted by molar-refractivity contribution is 0.415. The van der Waals surface area contributed by atoms with E-state index in [4.69, 9.17) is 24.2 Å². The quantitative estimate of drug-likeness (QED) is 0.574. The fourth-order valence-electron chi connectivity index (χ4n) is 0.827. The molecule has 0 unspecified atom stereocenters. The monoisotopic (exact) mass is 166 g/mol. The molecule has 0 spiro atoms. The predicted octanol–water partition coefficient (Wildman–Crippen LogP) is 1.45. The summed E-state index contributed by atoms with van der Waals surface area (Å²) in [6, 6.07) is 3.51. The summed E-state index contributed by atoms with van der Waals surface area (Å²) < 4.78 is 4.99. The molecule has 1 aromatic rings. The van der Waals surface area contributed by atoms with Crippen LogP contribution in [0.5, 0.6) is 5.75 Å². The van der Waals surface area contributed by atoms with Gasteiger partial charge in [0.05, 0.1) is 12.1 Å². The summed E-state index contributed by atoms with van der Waals surface area (Å²) in [6.45, 7) is 1.91. The smallest absolute Gasteiger partial charge is 0.137 e. The van der Waals surface area contributed by atoms with Crippen molar-refractivity contribution in [2.24, 2.45) is 0 Å². The van der Waals surface area contributed by atoms with Crippen LogP contribution in [0.1, 0.15) is 5.56 Å². The zero-order valence-electron chi connectivity index (χ0n) is 6.52. The topological polar surface area (TPSA) is 9.23 Å².